The molecule has 2 saturated heterocycles. The zero-order chi connectivity index (χ0) is 19.0. The Labute approximate surface area is 156 Å². The van der Waals surface area contributed by atoms with Crippen LogP contribution in [0, 0.1) is 11.3 Å². The molecule has 2 N–H and O–H groups in total. The molecule has 2 aliphatic heterocycles. The van der Waals surface area contributed by atoms with E-state index in [2.05, 4.69) is 19.9 Å². The molecule has 0 saturated carbocycles. The summed E-state index contributed by atoms with van der Waals surface area (Å²) in [7, 11) is 1.46. The number of nitrogens with one attached hydrogen (secondary N) is 1. The molecule has 0 spiro atoms. The van der Waals surface area contributed by atoms with Gasteiger partial charge in [0.15, 0.2) is 0 Å². The van der Waals surface area contributed by atoms with Crippen molar-refractivity contribution in [2.45, 2.75) is 6.54 Å². The maximum absolute atomic E-state index is 12.9. The second-order valence-electron chi connectivity index (χ2n) is 7.15. The van der Waals surface area contributed by atoms with Crippen LogP contribution in [0.1, 0.15) is 16.1 Å². The Morgan fingerprint density at radius 3 is 2.93 bits per heavy atom. The lowest BCUT2D eigenvalue weighted by Crippen LogP contribution is -2.42. The largest absolute Gasteiger partial charge is 0.481 e. The first-order valence-corrected chi connectivity index (χ1v) is 8.75. The maximum atomic E-state index is 12.9. The molecule has 2 fully saturated rings. The number of rotatable bonds is 5. The van der Waals surface area contributed by atoms with Gasteiger partial charge in [0.1, 0.15) is 11.0 Å². The number of imidazole rings is 1. The fraction of sp³-hybridized carbons (Fsp3) is 0.444. The van der Waals surface area contributed by atoms with Gasteiger partial charge in [-0.25, -0.2) is 9.97 Å². The monoisotopic (exact) mass is 371 g/mol. The lowest BCUT2D eigenvalue weighted by molar-refractivity contribution is -0.148. The van der Waals surface area contributed by atoms with Crippen LogP contribution in [0.5, 0.6) is 5.88 Å². The number of carbonyl (C=O) groups is 2. The average Bonchev–Trinajstić information content (AvgIpc) is 3.36. The van der Waals surface area contributed by atoms with E-state index >= 15 is 0 Å². The van der Waals surface area contributed by atoms with E-state index in [1.54, 1.807) is 35.8 Å². The summed E-state index contributed by atoms with van der Waals surface area (Å²) in [6, 6.07) is 3.33. The highest BCUT2D eigenvalue weighted by Crippen LogP contribution is 2.43. The first-order chi connectivity index (χ1) is 13.0. The second kappa shape index (κ2) is 6.66. The number of pyridine rings is 1. The lowest BCUT2D eigenvalue weighted by atomic mass is 9.81. The molecule has 0 aromatic carbocycles. The van der Waals surface area contributed by atoms with Gasteiger partial charge in [-0.15, -0.1) is 0 Å². The number of fused-ring (bicyclic) bond motifs is 1. The van der Waals surface area contributed by atoms with Gasteiger partial charge in [-0.1, -0.05) is 0 Å². The first kappa shape index (κ1) is 17.5. The standard InChI is InChI=1S/C18H21N5O4/c1-27-15-14(3-2-4-20-15)16(24)23-7-12-6-22(8-13-5-19-11-21-13)9-18(12,10-23)17(25)26/h2-5,11-12H,6-10H2,1H3,(H,19,21)(H,25,26)/t12-,18-/m0/s1. The van der Waals surface area contributed by atoms with Crippen LogP contribution in [-0.2, 0) is 11.3 Å². The van der Waals surface area contributed by atoms with E-state index in [-0.39, 0.29) is 24.2 Å². The van der Waals surface area contributed by atoms with Crippen molar-refractivity contribution in [3.63, 3.8) is 0 Å². The molecule has 2 aliphatic rings. The molecule has 9 nitrogen and oxygen atoms in total. The molecule has 0 unspecified atom stereocenters. The van der Waals surface area contributed by atoms with E-state index < -0.39 is 11.4 Å². The third-order valence-electron chi connectivity index (χ3n) is 5.54. The van der Waals surface area contributed by atoms with Crippen molar-refractivity contribution in [3.05, 3.63) is 42.1 Å². The molecule has 142 valence electrons. The Morgan fingerprint density at radius 1 is 1.41 bits per heavy atom. The van der Waals surface area contributed by atoms with Crippen molar-refractivity contribution in [1.82, 2.24) is 24.8 Å². The van der Waals surface area contributed by atoms with Crippen molar-refractivity contribution in [1.29, 1.82) is 0 Å². The number of carboxylic acids is 1. The summed E-state index contributed by atoms with van der Waals surface area (Å²) < 4.78 is 5.18. The molecule has 0 bridgehead atoms. The van der Waals surface area contributed by atoms with Crippen LogP contribution in [0.3, 0.4) is 0 Å². The zero-order valence-corrected chi connectivity index (χ0v) is 15.0. The van der Waals surface area contributed by atoms with Crippen molar-refractivity contribution < 1.29 is 19.4 Å². The summed E-state index contributed by atoms with van der Waals surface area (Å²) in [6.07, 6.45) is 4.91. The molecule has 2 aromatic heterocycles. The number of aromatic nitrogens is 3. The van der Waals surface area contributed by atoms with Crippen molar-refractivity contribution in [2.24, 2.45) is 11.3 Å². The Kier molecular flexibility index (Phi) is 4.31. The summed E-state index contributed by atoms with van der Waals surface area (Å²) in [4.78, 5) is 39.9. The van der Waals surface area contributed by atoms with E-state index in [1.807, 2.05) is 0 Å². The van der Waals surface area contributed by atoms with E-state index in [0.29, 0.717) is 31.7 Å². The normalized spacial score (nSPS) is 24.8. The van der Waals surface area contributed by atoms with Crippen LogP contribution < -0.4 is 4.74 Å². The van der Waals surface area contributed by atoms with Crippen LogP contribution in [-0.4, -0.2) is 75.0 Å². The quantitative estimate of drug-likeness (QED) is 0.786. The molecule has 0 aliphatic carbocycles. The maximum Gasteiger partial charge on any atom is 0.313 e. The Bertz CT molecular complexity index is 855. The molecule has 0 radical (unpaired) electrons. The number of H-pyrrole nitrogens is 1. The summed E-state index contributed by atoms with van der Waals surface area (Å²) in [5.74, 6) is -0.961. The number of aromatic amines is 1. The highest BCUT2D eigenvalue weighted by atomic mass is 16.5. The fourth-order valence-electron chi connectivity index (χ4n) is 4.25. The Balaban J connectivity index is 1.53. The van der Waals surface area contributed by atoms with Gasteiger partial charge in [-0.2, -0.15) is 0 Å². The minimum absolute atomic E-state index is 0.121. The molecule has 2 aromatic rings. The van der Waals surface area contributed by atoms with Gasteiger partial charge in [-0.05, 0) is 12.1 Å². The number of carboxylic acid groups (broad SMARTS) is 1. The number of amides is 1. The molecule has 9 heteroatoms. The second-order valence-corrected chi connectivity index (χ2v) is 7.15. The first-order valence-electron chi connectivity index (χ1n) is 8.75. The summed E-state index contributed by atoms with van der Waals surface area (Å²) >= 11 is 0. The van der Waals surface area contributed by atoms with Crippen LogP contribution in [0.4, 0.5) is 0 Å². The van der Waals surface area contributed by atoms with Gasteiger partial charge in [0.05, 0.1) is 13.4 Å². The summed E-state index contributed by atoms with van der Waals surface area (Å²) in [6.45, 7) is 2.24. The highest BCUT2D eigenvalue weighted by molar-refractivity contribution is 5.97. The SMILES string of the molecule is COc1ncccc1C(=O)N1C[C@@H]2CN(Cc3cnc[nH]3)C[C@]2(C(=O)O)C1. The van der Waals surface area contributed by atoms with Gasteiger partial charge >= 0.3 is 5.97 Å². The molecule has 27 heavy (non-hydrogen) atoms. The lowest BCUT2D eigenvalue weighted by Gasteiger charge is -2.25. The average molecular weight is 371 g/mol. The molecular weight excluding hydrogens is 350 g/mol. The van der Waals surface area contributed by atoms with Crippen molar-refractivity contribution in [3.8, 4) is 5.88 Å². The van der Waals surface area contributed by atoms with Crippen LogP contribution in [0.25, 0.3) is 0 Å². The van der Waals surface area contributed by atoms with Gasteiger partial charge in [0.25, 0.3) is 5.91 Å². The van der Waals surface area contributed by atoms with Crippen LogP contribution >= 0.6 is 0 Å². The number of carbonyl (C=O) groups excluding carboxylic acids is 1. The van der Waals surface area contributed by atoms with Crippen LogP contribution in [0.2, 0.25) is 0 Å². The van der Waals surface area contributed by atoms with E-state index in [4.69, 9.17) is 4.74 Å². The Hall–Kier alpha value is -2.94. The highest BCUT2D eigenvalue weighted by Gasteiger charge is 2.58. The molecule has 2 atom stereocenters. The van der Waals surface area contributed by atoms with Crippen molar-refractivity contribution >= 4 is 11.9 Å². The third kappa shape index (κ3) is 2.93. The van der Waals surface area contributed by atoms with Crippen LogP contribution in [0.15, 0.2) is 30.9 Å². The predicted octanol–water partition coefficient (Wildman–Crippen LogP) is 0.472. The number of likely N-dealkylation sites (tertiary alicyclic amines) is 2. The van der Waals surface area contributed by atoms with Gasteiger partial charge < -0.3 is 19.7 Å². The number of hydrogen-bond acceptors (Lipinski definition) is 6. The number of aliphatic carboxylic acids is 1. The van der Waals surface area contributed by atoms with E-state index in [1.165, 1.54) is 7.11 Å². The number of nitrogens with zero attached hydrogens (tertiary/aromatic N) is 4. The smallest absolute Gasteiger partial charge is 0.313 e. The topological polar surface area (TPSA) is 112 Å². The summed E-state index contributed by atoms with van der Waals surface area (Å²) in [5, 5.41) is 9.97. The summed E-state index contributed by atoms with van der Waals surface area (Å²) in [5.41, 5.74) is 0.351. The Morgan fingerprint density at radius 2 is 2.26 bits per heavy atom. The van der Waals surface area contributed by atoms with Crippen molar-refractivity contribution in [2.75, 3.05) is 33.3 Å². The van der Waals surface area contributed by atoms with Gasteiger partial charge in [-0.3, -0.25) is 14.5 Å². The zero-order valence-electron chi connectivity index (χ0n) is 15.0. The number of ether oxygens (including phenoxy) is 1. The minimum atomic E-state index is -0.953. The number of methoxy groups -OCH3 is 1. The minimum Gasteiger partial charge on any atom is -0.481 e. The molecule has 4 rings (SSSR count). The number of hydrogen-bond donors (Lipinski definition) is 2. The van der Waals surface area contributed by atoms with E-state index in [9.17, 15) is 14.7 Å². The molecule has 1 amide bonds. The third-order valence-corrected chi connectivity index (χ3v) is 5.54. The van der Waals surface area contributed by atoms with Gasteiger partial charge in [0, 0.05) is 56.7 Å². The predicted molar refractivity (Wildman–Crippen MR) is 94.1 cm³/mol. The fourth-order valence-corrected chi connectivity index (χ4v) is 4.25. The van der Waals surface area contributed by atoms with E-state index in [0.717, 1.165) is 5.69 Å². The molecular formula is C18H21N5O4. The molecule has 4 heterocycles. The van der Waals surface area contributed by atoms with Gasteiger partial charge in [0.2, 0.25) is 5.88 Å².